The van der Waals surface area contributed by atoms with Gasteiger partial charge >= 0.3 is 0 Å². The largest absolute Gasteiger partial charge is 0.330 e. The minimum absolute atomic E-state index is 0.821. The maximum atomic E-state index is 5.84. The smallest absolute Gasteiger partial charge is 0.0124 e. The Hall–Kier alpha value is -0.0800. The standard InChI is InChI=1S/C11H22N2/c1-13-7-6-9(8-12)10-4-2-3-5-11(10)13/h9-11H,2-8,12H2,1H3. The monoisotopic (exact) mass is 182 g/mol. The van der Waals surface area contributed by atoms with E-state index in [0.717, 1.165) is 24.4 Å². The third-order valence-corrected chi connectivity index (χ3v) is 4.11. The number of nitrogens with zero attached hydrogens (tertiary/aromatic N) is 1. The molecule has 0 bridgehead atoms. The van der Waals surface area contributed by atoms with Gasteiger partial charge in [0.25, 0.3) is 0 Å². The van der Waals surface area contributed by atoms with Crippen LogP contribution in [-0.4, -0.2) is 31.1 Å². The molecule has 76 valence electrons. The molecule has 2 fully saturated rings. The fraction of sp³-hybridized carbons (Fsp3) is 1.00. The molecule has 1 aliphatic heterocycles. The average Bonchev–Trinajstić information content (AvgIpc) is 2.19. The highest BCUT2D eigenvalue weighted by Gasteiger charge is 2.36. The van der Waals surface area contributed by atoms with Crippen molar-refractivity contribution in [2.24, 2.45) is 17.6 Å². The molecule has 1 heterocycles. The first-order chi connectivity index (χ1) is 6.33. The lowest BCUT2D eigenvalue weighted by molar-refractivity contribution is 0.0409. The Morgan fingerprint density at radius 2 is 2.00 bits per heavy atom. The summed E-state index contributed by atoms with van der Waals surface area (Å²) in [5.74, 6) is 1.74. The van der Waals surface area contributed by atoms with Crippen molar-refractivity contribution in [3.63, 3.8) is 0 Å². The molecule has 0 radical (unpaired) electrons. The zero-order valence-electron chi connectivity index (χ0n) is 8.71. The van der Waals surface area contributed by atoms with Gasteiger partial charge in [-0.05, 0) is 51.2 Å². The molecule has 2 rings (SSSR count). The molecule has 13 heavy (non-hydrogen) atoms. The van der Waals surface area contributed by atoms with E-state index in [9.17, 15) is 0 Å². The Labute approximate surface area is 81.5 Å². The zero-order valence-corrected chi connectivity index (χ0v) is 8.71. The van der Waals surface area contributed by atoms with Gasteiger partial charge in [-0.15, -0.1) is 0 Å². The first-order valence-electron chi connectivity index (χ1n) is 5.73. The molecular formula is C11H22N2. The lowest BCUT2D eigenvalue weighted by Gasteiger charge is -2.46. The summed E-state index contributed by atoms with van der Waals surface area (Å²) < 4.78 is 0. The minimum Gasteiger partial charge on any atom is -0.330 e. The van der Waals surface area contributed by atoms with E-state index in [0.29, 0.717) is 0 Å². The first-order valence-corrected chi connectivity index (χ1v) is 5.73. The van der Waals surface area contributed by atoms with Crippen molar-refractivity contribution in [1.82, 2.24) is 4.90 Å². The topological polar surface area (TPSA) is 29.3 Å². The molecule has 1 saturated heterocycles. The molecule has 0 aromatic heterocycles. The molecule has 2 N–H and O–H groups in total. The second kappa shape index (κ2) is 3.97. The highest BCUT2D eigenvalue weighted by Crippen LogP contribution is 2.37. The molecule has 0 aromatic rings. The van der Waals surface area contributed by atoms with Gasteiger partial charge in [0.15, 0.2) is 0 Å². The van der Waals surface area contributed by atoms with Crippen LogP contribution in [0.2, 0.25) is 0 Å². The zero-order chi connectivity index (χ0) is 9.26. The van der Waals surface area contributed by atoms with Crippen LogP contribution >= 0.6 is 0 Å². The van der Waals surface area contributed by atoms with Gasteiger partial charge in [-0.1, -0.05) is 12.8 Å². The third-order valence-electron chi connectivity index (χ3n) is 4.11. The summed E-state index contributed by atoms with van der Waals surface area (Å²) in [5, 5.41) is 0. The quantitative estimate of drug-likeness (QED) is 0.665. The van der Waals surface area contributed by atoms with Crippen LogP contribution in [0.5, 0.6) is 0 Å². The fourth-order valence-electron chi connectivity index (χ4n) is 3.28. The maximum absolute atomic E-state index is 5.84. The van der Waals surface area contributed by atoms with Crippen molar-refractivity contribution in [1.29, 1.82) is 0 Å². The molecule has 0 spiro atoms. The molecule has 3 atom stereocenters. The van der Waals surface area contributed by atoms with Crippen LogP contribution in [0.15, 0.2) is 0 Å². The van der Waals surface area contributed by atoms with Crippen molar-refractivity contribution >= 4 is 0 Å². The van der Waals surface area contributed by atoms with Gasteiger partial charge in [-0.3, -0.25) is 0 Å². The summed E-state index contributed by atoms with van der Waals surface area (Å²) in [5.41, 5.74) is 5.84. The number of piperidine rings is 1. The summed E-state index contributed by atoms with van der Waals surface area (Å²) in [7, 11) is 2.29. The number of rotatable bonds is 1. The van der Waals surface area contributed by atoms with Crippen LogP contribution in [0.25, 0.3) is 0 Å². The van der Waals surface area contributed by atoms with E-state index in [2.05, 4.69) is 11.9 Å². The fourth-order valence-corrected chi connectivity index (χ4v) is 3.28. The van der Waals surface area contributed by atoms with Crippen LogP contribution in [0, 0.1) is 11.8 Å². The van der Waals surface area contributed by atoms with Gasteiger partial charge in [0.05, 0.1) is 0 Å². The van der Waals surface area contributed by atoms with Crippen molar-refractivity contribution in [3.05, 3.63) is 0 Å². The van der Waals surface area contributed by atoms with Crippen LogP contribution in [0.1, 0.15) is 32.1 Å². The van der Waals surface area contributed by atoms with Gasteiger partial charge in [0.1, 0.15) is 0 Å². The molecule has 2 nitrogen and oxygen atoms in total. The highest BCUT2D eigenvalue weighted by atomic mass is 15.1. The third kappa shape index (κ3) is 1.75. The predicted molar refractivity (Wildman–Crippen MR) is 55.5 cm³/mol. The summed E-state index contributed by atoms with van der Waals surface area (Å²) in [6.45, 7) is 2.18. The second-order valence-corrected chi connectivity index (χ2v) is 4.78. The number of fused-ring (bicyclic) bond motifs is 1. The normalized spacial score (nSPS) is 41.5. The van der Waals surface area contributed by atoms with Crippen molar-refractivity contribution in [3.8, 4) is 0 Å². The molecular weight excluding hydrogens is 160 g/mol. The van der Waals surface area contributed by atoms with Gasteiger partial charge in [0.2, 0.25) is 0 Å². The van der Waals surface area contributed by atoms with Crippen molar-refractivity contribution in [2.75, 3.05) is 20.1 Å². The Morgan fingerprint density at radius 1 is 1.23 bits per heavy atom. The van der Waals surface area contributed by atoms with E-state index in [1.54, 1.807) is 0 Å². The molecule has 3 unspecified atom stereocenters. The maximum Gasteiger partial charge on any atom is 0.0124 e. The Bertz CT molecular complexity index is 169. The van der Waals surface area contributed by atoms with Crippen LogP contribution in [-0.2, 0) is 0 Å². The van der Waals surface area contributed by atoms with Crippen LogP contribution in [0.3, 0.4) is 0 Å². The van der Waals surface area contributed by atoms with E-state index in [1.807, 2.05) is 0 Å². The average molecular weight is 182 g/mol. The van der Waals surface area contributed by atoms with E-state index in [-0.39, 0.29) is 0 Å². The summed E-state index contributed by atoms with van der Waals surface area (Å²) in [4.78, 5) is 2.57. The Morgan fingerprint density at radius 3 is 2.77 bits per heavy atom. The van der Waals surface area contributed by atoms with Crippen LogP contribution < -0.4 is 5.73 Å². The lowest BCUT2D eigenvalue weighted by Crippen LogP contribution is -2.50. The van der Waals surface area contributed by atoms with Crippen LogP contribution in [0.4, 0.5) is 0 Å². The molecule has 0 amide bonds. The predicted octanol–water partition coefficient (Wildman–Crippen LogP) is 1.46. The number of hydrogen-bond donors (Lipinski definition) is 1. The van der Waals surface area contributed by atoms with Crippen molar-refractivity contribution < 1.29 is 0 Å². The van der Waals surface area contributed by atoms with E-state index >= 15 is 0 Å². The summed E-state index contributed by atoms with van der Waals surface area (Å²) in [6, 6.07) is 0.857. The highest BCUT2D eigenvalue weighted by molar-refractivity contribution is 4.90. The number of hydrogen-bond acceptors (Lipinski definition) is 2. The molecule has 0 aromatic carbocycles. The minimum atomic E-state index is 0.821. The van der Waals surface area contributed by atoms with Crippen molar-refractivity contribution in [2.45, 2.75) is 38.1 Å². The van der Waals surface area contributed by atoms with Gasteiger partial charge in [0, 0.05) is 6.04 Å². The molecule has 1 aliphatic carbocycles. The Kier molecular flexibility index (Phi) is 2.89. The number of likely N-dealkylation sites (tertiary alicyclic amines) is 1. The van der Waals surface area contributed by atoms with E-state index in [1.165, 1.54) is 38.6 Å². The molecule has 2 aliphatic rings. The van der Waals surface area contributed by atoms with Gasteiger partial charge < -0.3 is 10.6 Å². The lowest BCUT2D eigenvalue weighted by atomic mass is 9.72. The van der Waals surface area contributed by atoms with E-state index in [4.69, 9.17) is 5.73 Å². The molecule has 1 saturated carbocycles. The number of nitrogens with two attached hydrogens (primary N) is 1. The van der Waals surface area contributed by atoms with E-state index < -0.39 is 0 Å². The van der Waals surface area contributed by atoms with Gasteiger partial charge in [-0.25, -0.2) is 0 Å². The first kappa shape index (κ1) is 9.47. The Balaban J connectivity index is 2.05. The second-order valence-electron chi connectivity index (χ2n) is 4.78. The van der Waals surface area contributed by atoms with Gasteiger partial charge in [-0.2, -0.15) is 0 Å². The summed E-state index contributed by atoms with van der Waals surface area (Å²) in [6.07, 6.45) is 7.04. The molecule has 2 heteroatoms. The summed E-state index contributed by atoms with van der Waals surface area (Å²) >= 11 is 0. The SMILES string of the molecule is CN1CCC(CN)C2CCCCC21.